The molecule has 1 rings (SSSR count). The van der Waals surface area contributed by atoms with Crippen molar-refractivity contribution in [2.75, 3.05) is 6.54 Å². The van der Waals surface area contributed by atoms with Gasteiger partial charge < -0.3 is 5.32 Å². The summed E-state index contributed by atoms with van der Waals surface area (Å²) in [5.41, 5.74) is 1.19. The van der Waals surface area contributed by atoms with Gasteiger partial charge in [0.05, 0.1) is 17.9 Å². The lowest BCUT2D eigenvalue weighted by Gasteiger charge is -2.17. The van der Waals surface area contributed by atoms with Gasteiger partial charge in [-0.15, -0.1) is 5.10 Å². The highest BCUT2D eigenvalue weighted by molar-refractivity contribution is 5.01. The van der Waals surface area contributed by atoms with Crippen molar-refractivity contribution in [3.8, 4) is 0 Å². The predicted molar refractivity (Wildman–Crippen MR) is 61.6 cm³/mol. The van der Waals surface area contributed by atoms with Crippen LogP contribution in [0.15, 0.2) is 6.20 Å². The molecule has 86 valence electrons. The van der Waals surface area contributed by atoms with E-state index in [4.69, 9.17) is 0 Å². The minimum absolute atomic E-state index is 0.404. The predicted octanol–water partition coefficient (Wildman–Crippen LogP) is 2.05. The summed E-state index contributed by atoms with van der Waals surface area (Å²) in [7, 11) is 1.95. The van der Waals surface area contributed by atoms with Gasteiger partial charge in [-0.2, -0.15) is 0 Å². The molecule has 0 saturated heterocycles. The van der Waals surface area contributed by atoms with E-state index in [0.29, 0.717) is 6.04 Å². The summed E-state index contributed by atoms with van der Waals surface area (Å²) in [5, 5.41) is 11.4. The van der Waals surface area contributed by atoms with Crippen molar-refractivity contribution >= 4 is 0 Å². The van der Waals surface area contributed by atoms with E-state index in [9.17, 15) is 0 Å². The molecule has 0 spiro atoms. The molecule has 1 atom stereocenters. The zero-order valence-corrected chi connectivity index (χ0v) is 10.0. The minimum Gasteiger partial charge on any atom is -0.309 e. The van der Waals surface area contributed by atoms with E-state index in [-0.39, 0.29) is 0 Å². The second kappa shape index (κ2) is 6.56. The van der Waals surface area contributed by atoms with Crippen LogP contribution in [0.3, 0.4) is 0 Å². The second-order valence-corrected chi connectivity index (χ2v) is 3.89. The maximum atomic E-state index is 3.97. The van der Waals surface area contributed by atoms with Gasteiger partial charge in [0.1, 0.15) is 0 Å². The second-order valence-electron chi connectivity index (χ2n) is 3.89. The van der Waals surface area contributed by atoms with Gasteiger partial charge in [-0.3, -0.25) is 4.68 Å². The summed E-state index contributed by atoms with van der Waals surface area (Å²) >= 11 is 0. The van der Waals surface area contributed by atoms with Gasteiger partial charge >= 0.3 is 0 Å². The molecule has 1 N–H and O–H groups in total. The molecule has 0 amide bonds. The third kappa shape index (κ3) is 3.63. The van der Waals surface area contributed by atoms with E-state index < -0.39 is 0 Å². The molecule has 4 nitrogen and oxygen atoms in total. The lowest BCUT2D eigenvalue weighted by molar-refractivity contribution is 0.458. The van der Waals surface area contributed by atoms with Crippen LogP contribution in [0.1, 0.15) is 51.3 Å². The first kappa shape index (κ1) is 12.2. The van der Waals surface area contributed by atoms with Crippen LogP contribution in [0.25, 0.3) is 0 Å². The van der Waals surface area contributed by atoms with Gasteiger partial charge in [-0.1, -0.05) is 38.3 Å². The smallest absolute Gasteiger partial charge is 0.0753 e. The molecular formula is C11H22N4. The Kier molecular flexibility index (Phi) is 5.32. The quantitative estimate of drug-likeness (QED) is 0.700. The lowest BCUT2D eigenvalue weighted by Crippen LogP contribution is -2.23. The first-order valence-corrected chi connectivity index (χ1v) is 5.87. The van der Waals surface area contributed by atoms with Crippen molar-refractivity contribution in [2.24, 2.45) is 7.05 Å². The highest BCUT2D eigenvalue weighted by atomic mass is 15.4. The molecule has 0 saturated carbocycles. The molecule has 15 heavy (non-hydrogen) atoms. The van der Waals surface area contributed by atoms with Crippen molar-refractivity contribution in [1.29, 1.82) is 0 Å². The molecule has 0 bridgehead atoms. The van der Waals surface area contributed by atoms with Crippen LogP contribution in [-0.2, 0) is 7.05 Å². The topological polar surface area (TPSA) is 42.7 Å². The fourth-order valence-corrected chi connectivity index (χ4v) is 1.81. The molecule has 0 aliphatic carbocycles. The molecule has 0 fully saturated rings. The monoisotopic (exact) mass is 210 g/mol. The SMILES string of the molecule is CCCCCC(NCC)c1cnnn1C. The first-order chi connectivity index (χ1) is 7.29. The van der Waals surface area contributed by atoms with Crippen LogP contribution in [0.4, 0.5) is 0 Å². The largest absolute Gasteiger partial charge is 0.309 e. The molecule has 1 aromatic heterocycles. The van der Waals surface area contributed by atoms with Crippen LogP contribution >= 0.6 is 0 Å². The maximum Gasteiger partial charge on any atom is 0.0753 e. The molecule has 0 aliphatic heterocycles. The zero-order chi connectivity index (χ0) is 11.1. The first-order valence-electron chi connectivity index (χ1n) is 5.87. The Morgan fingerprint density at radius 3 is 2.73 bits per heavy atom. The van der Waals surface area contributed by atoms with E-state index in [0.717, 1.165) is 6.54 Å². The third-order valence-electron chi connectivity index (χ3n) is 2.65. The maximum absolute atomic E-state index is 3.97. The van der Waals surface area contributed by atoms with Crippen LogP contribution in [0.2, 0.25) is 0 Å². The number of aryl methyl sites for hydroxylation is 1. The van der Waals surface area contributed by atoms with Gasteiger partial charge in [-0.25, -0.2) is 0 Å². The molecular weight excluding hydrogens is 188 g/mol. The number of nitrogens with zero attached hydrogens (tertiary/aromatic N) is 3. The Bertz CT molecular complexity index is 269. The Morgan fingerprint density at radius 2 is 2.20 bits per heavy atom. The van der Waals surface area contributed by atoms with E-state index in [1.165, 1.54) is 31.4 Å². The van der Waals surface area contributed by atoms with Gasteiger partial charge in [0.25, 0.3) is 0 Å². The normalized spacial score (nSPS) is 13.0. The highest BCUT2D eigenvalue weighted by Crippen LogP contribution is 2.18. The zero-order valence-electron chi connectivity index (χ0n) is 10.0. The molecule has 1 heterocycles. The molecule has 0 aliphatic rings. The standard InChI is InChI=1S/C11H22N4/c1-4-6-7-8-10(12-5-2)11-9-13-14-15(11)3/h9-10,12H,4-8H2,1-3H3. The van der Waals surface area contributed by atoms with Crippen molar-refractivity contribution in [1.82, 2.24) is 20.3 Å². The Balaban J connectivity index is 2.53. The summed E-state index contributed by atoms with van der Waals surface area (Å²) in [6.45, 7) is 5.35. The van der Waals surface area contributed by atoms with E-state index in [2.05, 4.69) is 29.5 Å². The number of aromatic nitrogens is 3. The molecule has 0 radical (unpaired) electrons. The van der Waals surface area contributed by atoms with Crippen molar-refractivity contribution < 1.29 is 0 Å². The van der Waals surface area contributed by atoms with E-state index in [1.54, 1.807) is 0 Å². The molecule has 1 aromatic rings. The van der Waals surface area contributed by atoms with Gasteiger partial charge in [0.15, 0.2) is 0 Å². The van der Waals surface area contributed by atoms with Crippen LogP contribution in [0, 0.1) is 0 Å². The van der Waals surface area contributed by atoms with Gasteiger partial charge in [-0.05, 0) is 13.0 Å². The number of unbranched alkanes of at least 4 members (excludes halogenated alkanes) is 2. The minimum atomic E-state index is 0.404. The number of nitrogens with one attached hydrogen (secondary N) is 1. The highest BCUT2D eigenvalue weighted by Gasteiger charge is 2.13. The van der Waals surface area contributed by atoms with E-state index in [1.807, 2.05) is 17.9 Å². The van der Waals surface area contributed by atoms with Crippen molar-refractivity contribution in [2.45, 2.75) is 45.6 Å². The van der Waals surface area contributed by atoms with Crippen molar-refractivity contribution in [3.63, 3.8) is 0 Å². The Morgan fingerprint density at radius 1 is 1.40 bits per heavy atom. The van der Waals surface area contributed by atoms with Crippen LogP contribution < -0.4 is 5.32 Å². The summed E-state index contributed by atoms with van der Waals surface area (Å²) < 4.78 is 1.86. The Labute approximate surface area is 92.1 Å². The lowest BCUT2D eigenvalue weighted by atomic mass is 10.1. The molecule has 0 aromatic carbocycles. The summed E-state index contributed by atoms with van der Waals surface area (Å²) in [4.78, 5) is 0. The average molecular weight is 210 g/mol. The van der Waals surface area contributed by atoms with Crippen LogP contribution in [-0.4, -0.2) is 21.5 Å². The summed E-state index contributed by atoms with van der Waals surface area (Å²) in [5.74, 6) is 0. The van der Waals surface area contributed by atoms with Crippen molar-refractivity contribution in [3.05, 3.63) is 11.9 Å². The fourth-order valence-electron chi connectivity index (χ4n) is 1.81. The summed E-state index contributed by atoms with van der Waals surface area (Å²) in [6.07, 6.45) is 6.86. The van der Waals surface area contributed by atoms with Crippen LogP contribution in [0.5, 0.6) is 0 Å². The average Bonchev–Trinajstić information content (AvgIpc) is 2.64. The molecule has 4 heteroatoms. The molecule has 1 unspecified atom stereocenters. The van der Waals surface area contributed by atoms with E-state index >= 15 is 0 Å². The Hall–Kier alpha value is -0.900. The summed E-state index contributed by atoms with van der Waals surface area (Å²) in [6, 6.07) is 0.404. The number of rotatable bonds is 7. The fraction of sp³-hybridized carbons (Fsp3) is 0.818. The van der Waals surface area contributed by atoms with Gasteiger partial charge in [0.2, 0.25) is 0 Å². The number of hydrogen-bond acceptors (Lipinski definition) is 3. The third-order valence-corrected chi connectivity index (χ3v) is 2.65. The number of hydrogen-bond donors (Lipinski definition) is 1. The van der Waals surface area contributed by atoms with Gasteiger partial charge in [0, 0.05) is 7.05 Å².